The highest BCUT2D eigenvalue weighted by Crippen LogP contribution is 2.05. The van der Waals surface area contributed by atoms with Crippen LogP contribution in [-0.4, -0.2) is 41.2 Å². The lowest BCUT2D eigenvalue weighted by atomic mass is 10.2. The lowest BCUT2D eigenvalue weighted by molar-refractivity contribution is -0.137. The molecular weight excluding hydrogens is 298 g/mol. The summed E-state index contributed by atoms with van der Waals surface area (Å²) in [6, 6.07) is 9.73. The van der Waals surface area contributed by atoms with Gasteiger partial charge in [-0.1, -0.05) is 35.5 Å². The molecule has 0 fully saturated rings. The first-order valence-electron chi connectivity index (χ1n) is 7.42. The van der Waals surface area contributed by atoms with E-state index in [9.17, 15) is 4.79 Å². The van der Waals surface area contributed by atoms with E-state index >= 15 is 0 Å². The second-order valence-electron chi connectivity index (χ2n) is 4.92. The topological polar surface area (TPSA) is 77.7 Å². The molecule has 7 nitrogen and oxygen atoms in total. The summed E-state index contributed by atoms with van der Waals surface area (Å²) in [6.07, 6.45) is 0. The number of hydrogen-bond donors (Lipinski definition) is 0. The van der Waals surface area contributed by atoms with Gasteiger partial charge in [-0.05, 0) is 12.5 Å². The summed E-state index contributed by atoms with van der Waals surface area (Å²) in [5, 5.41) is 3.77. The molecule has 1 amide bonds. The number of carbonyl (C=O) groups is 1. The van der Waals surface area contributed by atoms with Crippen molar-refractivity contribution in [3.05, 3.63) is 47.6 Å². The molecule has 2 rings (SSSR count). The van der Waals surface area contributed by atoms with Crippen molar-refractivity contribution < 1.29 is 18.8 Å². The Kier molecular flexibility index (Phi) is 6.71. The van der Waals surface area contributed by atoms with Gasteiger partial charge < -0.3 is 18.9 Å². The summed E-state index contributed by atoms with van der Waals surface area (Å²) in [6.45, 7) is 3.39. The molecule has 1 aromatic heterocycles. The minimum absolute atomic E-state index is 0.0157. The standard InChI is InChI=1S/C16H21N3O4/c1-3-19(9-15-17-14(11-21-2)18-23-15)16(20)12-22-10-13-7-5-4-6-8-13/h4-8H,3,9-12H2,1-2H3. The Morgan fingerprint density at radius 3 is 2.74 bits per heavy atom. The molecule has 1 heterocycles. The van der Waals surface area contributed by atoms with Gasteiger partial charge in [0.2, 0.25) is 11.8 Å². The summed E-state index contributed by atoms with van der Waals surface area (Å²) >= 11 is 0. The third-order valence-corrected chi connectivity index (χ3v) is 3.18. The number of methoxy groups -OCH3 is 1. The average molecular weight is 319 g/mol. The minimum atomic E-state index is -0.116. The number of nitrogens with zero attached hydrogens (tertiary/aromatic N) is 3. The Labute approximate surface area is 135 Å². The molecule has 0 atom stereocenters. The van der Waals surface area contributed by atoms with Crippen molar-refractivity contribution in [2.75, 3.05) is 20.3 Å². The molecule has 0 aliphatic rings. The van der Waals surface area contributed by atoms with Crippen molar-refractivity contribution in [1.82, 2.24) is 15.0 Å². The number of aromatic nitrogens is 2. The fourth-order valence-electron chi connectivity index (χ4n) is 2.00. The number of ether oxygens (including phenoxy) is 2. The van der Waals surface area contributed by atoms with Crippen LogP contribution in [0.25, 0.3) is 0 Å². The number of carbonyl (C=O) groups excluding carboxylic acids is 1. The Bertz CT molecular complexity index is 600. The monoisotopic (exact) mass is 319 g/mol. The largest absolute Gasteiger partial charge is 0.377 e. The molecule has 0 radical (unpaired) electrons. The third-order valence-electron chi connectivity index (χ3n) is 3.18. The van der Waals surface area contributed by atoms with Crippen molar-refractivity contribution >= 4 is 5.91 Å². The third kappa shape index (κ3) is 5.46. The van der Waals surface area contributed by atoms with Gasteiger partial charge in [0, 0.05) is 13.7 Å². The minimum Gasteiger partial charge on any atom is -0.377 e. The fourth-order valence-corrected chi connectivity index (χ4v) is 2.00. The van der Waals surface area contributed by atoms with Crippen LogP contribution in [0.15, 0.2) is 34.9 Å². The lowest BCUT2D eigenvalue weighted by Gasteiger charge is -2.18. The van der Waals surface area contributed by atoms with Crippen LogP contribution >= 0.6 is 0 Å². The van der Waals surface area contributed by atoms with Crippen LogP contribution in [0.2, 0.25) is 0 Å². The van der Waals surface area contributed by atoms with E-state index in [1.165, 1.54) is 0 Å². The highest BCUT2D eigenvalue weighted by Gasteiger charge is 2.16. The fraction of sp³-hybridized carbons (Fsp3) is 0.438. The maximum atomic E-state index is 12.2. The second kappa shape index (κ2) is 9.02. The maximum Gasteiger partial charge on any atom is 0.249 e. The Balaban J connectivity index is 1.80. The summed E-state index contributed by atoms with van der Waals surface area (Å²) in [5.41, 5.74) is 1.03. The SMILES string of the molecule is CCN(Cc1nc(COC)no1)C(=O)COCc1ccccc1. The zero-order valence-electron chi connectivity index (χ0n) is 13.4. The smallest absolute Gasteiger partial charge is 0.249 e. The summed E-state index contributed by atoms with van der Waals surface area (Å²) in [7, 11) is 1.56. The maximum absolute atomic E-state index is 12.2. The number of likely N-dealkylation sites (N-methyl/N-ethyl adjacent to an activating group) is 1. The van der Waals surface area contributed by atoms with Crippen molar-refractivity contribution in [3.63, 3.8) is 0 Å². The predicted octanol–water partition coefficient (Wildman–Crippen LogP) is 1.78. The molecule has 1 aromatic carbocycles. The molecule has 2 aromatic rings. The zero-order valence-corrected chi connectivity index (χ0v) is 13.4. The van der Waals surface area contributed by atoms with E-state index in [4.69, 9.17) is 14.0 Å². The average Bonchev–Trinajstić information content (AvgIpc) is 3.01. The zero-order chi connectivity index (χ0) is 16.5. The van der Waals surface area contributed by atoms with E-state index in [1.54, 1.807) is 12.0 Å². The first kappa shape index (κ1) is 17.1. The van der Waals surface area contributed by atoms with Gasteiger partial charge in [-0.15, -0.1) is 0 Å². The molecule has 0 N–H and O–H groups in total. The highest BCUT2D eigenvalue weighted by atomic mass is 16.5. The van der Waals surface area contributed by atoms with Crippen LogP contribution in [0.4, 0.5) is 0 Å². The number of benzene rings is 1. The first-order chi connectivity index (χ1) is 11.2. The van der Waals surface area contributed by atoms with Crippen LogP contribution in [0.3, 0.4) is 0 Å². The van der Waals surface area contributed by atoms with Gasteiger partial charge in [-0.2, -0.15) is 4.98 Å². The summed E-state index contributed by atoms with van der Waals surface area (Å²) in [4.78, 5) is 18.0. The molecular formula is C16H21N3O4. The molecule has 0 saturated carbocycles. The molecule has 23 heavy (non-hydrogen) atoms. The second-order valence-corrected chi connectivity index (χ2v) is 4.92. The van der Waals surface area contributed by atoms with Crippen molar-refractivity contribution in [2.45, 2.75) is 26.7 Å². The van der Waals surface area contributed by atoms with Crippen molar-refractivity contribution in [3.8, 4) is 0 Å². The summed E-state index contributed by atoms with van der Waals surface area (Å²) < 4.78 is 15.5. The molecule has 0 aliphatic heterocycles. The van der Waals surface area contributed by atoms with Crippen molar-refractivity contribution in [2.24, 2.45) is 0 Å². The number of hydrogen-bond acceptors (Lipinski definition) is 6. The Morgan fingerprint density at radius 2 is 2.04 bits per heavy atom. The molecule has 0 spiro atoms. The van der Waals surface area contributed by atoms with Crippen LogP contribution in [0.5, 0.6) is 0 Å². The molecule has 124 valence electrons. The van der Waals surface area contributed by atoms with E-state index in [2.05, 4.69) is 10.1 Å². The van der Waals surface area contributed by atoms with Crippen LogP contribution < -0.4 is 0 Å². The van der Waals surface area contributed by atoms with Gasteiger partial charge in [0.25, 0.3) is 0 Å². The van der Waals surface area contributed by atoms with Gasteiger partial charge >= 0.3 is 0 Å². The molecule has 0 bridgehead atoms. The first-order valence-corrected chi connectivity index (χ1v) is 7.42. The Morgan fingerprint density at radius 1 is 1.26 bits per heavy atom. The van der Waals surface area contributed by atoms with E-state index in [0.717, 1.165) is 5.56 Å². The normalized spacial score (nSPS) is 10.7. The van der Waals surface area contributed by atoms with Gasteiger partial charge in [0.15, 0.2) is 5.82 Å². The van der Waals surface area contributed by atoms with E-state index in [0.29, 0.717) is 24.9 Å². The van der Waals surface area contributed by atoms with E-state index < -0.39 is 0 Å². The van der Waals surface area contributed by atoms with Gasteiger partial charge in [-0.25, -0.2) is 0 Å². The number of rotatable bonds is 9. The quantitative estimate of drug-likeness (QED) is 0.701. The molecule has 7 heteroatoms. The lowest BCUT2D eigenvalue weighted by Crippen LogP contribution is -2.33. The van der Waals surface area contributed by atoms with Gasteiger partial charge in [0.1, 0.15) is 19.8 Å². The van der Waals surface area contributed by atoms with Gasteiger partial charge in [-0.3, -0.25) is 4.79 Å². The van der Waals surface area contributed by atoms with Crippen molar-refractivity contribution in [1.29, 1.82) is 0 Å². The molecule has 0 aliphatic carbocycles. The van der Waals surface area contributed by atoms with Crippen LogP contribution in [-0.2, 0) is 34.0 Å². The molecule has 0 unspecified atom stereocenters. The number of amides is 1. The summed E-state index contributed by atoms with van der Waals surface area (Å²) in [5.74, 6) is 0.733. The Hall–Kier alpha value is -2.25. The molecule has 0 saturated heterocycles. The predicted molar refractivity (Wildman–Crippen MR) is 82.2 cm³/mol. The highest BCUT2D eigenvalue weighted by molar-refractivity contribution is 5.77. The van der Waals surface area contributed by atoms with Crippen LogP contribution in [0.1, 0.15) is 24.2 Å². The van der Waals surface area contributed by atoms with Gasteiger partial charge in [0.05, 0.1) is 6.61 Å². The van der Waals surface area contributed by atoms with E-state index in [1.807, 2.05) is 37.3 Å². The van der Waals surface area contributed by atoms with E-state index in [-0.39, 0.29) is 25.7 Å². The van der Waals surface area contributed by atoms with Crippen LogP contribution in [0, 0.1) is 0 Å².